The summed E-state index contributed by atoms with van der Waals surface area (Å²) in [6.45, 7) is 4.30. The molecule has 0 saturated heterocycles. The maximum atomic E-state index is 13.7. The summed E-state index contributed by atoms with van der Waals surface area (Å²) in [5, 5.41) is 9.12. The number of halogens is 3. The fourth-order valence-electron chi connectivity index (χ4n) is 1.72. The summed E-state index contributed by atoms with van der Waals surface area (Å²) in [4.78, 5) is 13.4. The van der Waals surface area contributed by atoms with E-state index in [9.17, 15) is 18.0 Å². The fourth-order valence-corrected chi connectivity index (χ4v) is 1.72. The predicted molar refractivity (Wildman–Crippen MR) is 67.8 cm³/mol. The van der Waals surface area contributed by atoms with Crippen molar-refractivity contribution in [1.82, 2.24) is 4.90 Å². The van der Waals surface area contributed by atoms with Crippen molar-refractivity contribution in [3.8, 4) is 5.75 Å². The molecule has 1 aromatic carbocycles. The van der Waals surface area contributed by atoms with Crippen molar-refractivity contribution >= 4 is 5.91 Å². The molecule has 1 rings (SSSR count). The highest BCUT2D eigenvalue weighted by molar-refractivity contribution is 5.95. The molecule has 20 heavy (non-hydrogen) atoms. The Balaban J connectivity index is 3.13. The molecule has 1 unspecified atom stereocenters. The number of carbonyl (C=O) groups excluding carboxylic acids is 1. The van der Waals surface area contributed by atoms with Crippen molar-refractivity contribution in [3.63, 3.8) is 0 Å². The molecule has 0 radical (unpaired) electrons. The zero-order valence-electron chi connectivity index (χ0n) is 11.3. The van der Waals surface area contributed by atoms with Gasteiger partial charge < -0.3 is 15.7 Å². The predicted octanol–water partition coefficient (Wildman–Crippen LogP) is 1.87. The number of hydrogen-bond acceptors (Lipinski definition) is 3. The highest BCUT2D eigenvalue weighted by Gasteiger charge is 2.25. The average Bonchev–Trinajstić information content (AvgIpc) is 2.45. The maximum absolute atomic E-state index is 13.7. The van der Waals surface area contributed by atoms with Gasteiger partial charge in [0.2, 0.25) is 5.82 Å². The second kappa shape index (κ2) is 6.60. The van der Waals surface area contributed by atoms with Gasteiger partial charge in [-0.25, -0.2) is 8.78 Å². The molecule has 0 heterocycles. The second-order valence-electron chi connectivity index (χ2n) is 4.57. The minimum Gasteiger partial charge on any atom is -0.503 e. The highest BCUT2D eigenvalue weighted by Crippen LogP contribution is 2.26. The Bertz CT molecular complexity index is 509. The van der Waals surface area contributed by atoms with Crippen LogP contribution in [-0.4, -0.2) is 35.5 Å². The number of rotatable bonds is 5. The standard InChI is InChI=1S/C13H17F3N2O2/c1-3-18(6-7(2)5-17)13(20)8-4-9(14)11(16)12(19)10(8)15/h4,7,19H,3,5-6,17H2,1-2H3. The Kier molecular flexibility index (Phi) is 5.38. The van der Waals surface area contributed by atoms with E-state index in [-0.39, 0.29) is 19.0 Å². The number of phenolic OH excluding ortho intramolecular Hbond substituents is 1. The first kappa shape index (κ1) is 16.3. The molecule has 0 aliphatic heterocycles. The summed E-state index contributed by atoms with van der Waals surface area (Å²) in [5.74, 6) is -6.99. The number of benzene rings is 1. The van der Waals surface area contributed by atoms with Gasteiger partial charge in [0.1, 0.15) is 0 Å². The highest BCUT2D eigenvalue weighted by atomic mass is 19.2. The summed E-state index contributed by atoms with van der Waals surface area (Å²) in [6.07, 6.45) is 0. The van der Waals surface area contributed by atoms with Crippen molar-refractivity contribution < 1.29 is 23.1 Å². The Morgan fingerprint density at radius 1 is 1.40 bits per heavy atom. The first-order chi connectivity index (χ1) is 9.33. The van der Waals surface area contributed by atoms with Crippen LogP contribution in [0.1, 0.15) is 24.2 Å². The van der Waals surface area contributed by atoms with Crippen LogP contribution >= 0.6 is 0 Å². The van der Waals surface area contributed by atoms with E-state index in [1.54, 1.807) is 13.8 Å². The fraction of sp³-hybridized carbons (Fsp3) is 0.462. The molecule has 112 valence electrons. The maximum Gasteiger partial charge on any atom is 0.257 e. The summed E-state index contributed by atoms with van der Waals surface area (Å²) >= 11 is 0. The molecule has 0 spiro atoms. The number of carbonyl (C=O) groups is 1. The van der Waals surface area contributed by atoms with Crippen molar-refractivity contribution in [3.05, 3.63) is 29.1 Å². The molecular weight excluding hydrogens is 273 g/mol. The van der Waals surface area contributed by atoms with Gasteiger partial charge >= 0.3 is 0 Å². The van der Waals surface area contributed by atoms with Crippen LogP contribution in [-0.2, 0) is 0 Å². The minimum atomic E-state index is -1.71. The van der Waals surface area contributed by atoms with Crippen LogP contribution in [0.2, 0.25) is 0 Å². The quantitative estimate of drug-likeness (QED) is 0.814. The lowest BCUT2D eigenvalue weighted by Gasteiger charge is -2.24. The zero-order chi connectivity index (χ0) is 15.4. The lowest BCUT2D eigenvalue weighted by atomic mass is 10.1. The molecule has 0 aromatic heterocycles. The van der Waals surface area contributed by atoms with E-state index in [1.807, 2.05) is 0 Å². The van der Waals surface area contributed by atoms with Crippen LogP contribution in [0.4, 0.5) is 13.2 Å². The topological polar surface area (TPSA) is 66.6 Å². The monoisotopic (exact) mass is 290 g/mol. The van der Waals surface area contributed by atoms with Gasteiger partial charge in [-0.2, -0.15) is 4.39 Å². The van der Waals surface area contributed by atoms with Gasteiger partial charge in [0.25, 0.3) is 5.91 Å². The minimum absolute atomic E-state index is 0.0270. The van der Waals surface area contributed by atoms with E-state index < -0.39 is 34.7 Å². The van der Waals surface area contributed by atoms with Crippen molar-refractivity contribution in [2.75, 3.05) is 19.6 Å². The van der Waals surface area contributed by atoms with E-state index in [1.165, 1.54) is 4.90 Å². The van der Waals surface area contributed by atoms with Gasteiger partial charge in [0, 0.05) is 13.1 Å². The molecule has 1 aromatic rings. The SMILES string of the molecule is CCN(CC(C)CN)C(=O)c1cc(F)c(F)c(O)c1F. The van der Waals surface area contributed by atoms with Gasteiger partial charge in [-0.15, -0.1) is 0 Å². The molecule has 1 atom stereocenters. The largest absolute Gasteiger partial charge is 0.503 e. The Labute approximate surface area is 115 Å². The summed E-state index contributed by atoms with van der Waals surface area (Å²) < 4.78 is 39.8. The Morgan fingerprint density at radius 3 is 2.50 bits per heavy atom. The summed E-state index contributed by atoms with van der Waals surface area (Å²) in [7, 11) is 0. The van der Waals surface area contributed by atoms with Gasteiger partial charge in [-0.1, -0.05) is 6.92 Å². The van der Waals surface area contributed by atoms with E-state index in [2.05, 4.69) is 0 Å². The van der Waals surface area contributed by atoms with E-state index in [0.717, 1.165) is 0 Å². The smallest absolute Gasteiger partial charge is 0.257 e. The number of phenols is 1. The molecule has 0 aliphatic rings. The van der Waals surface area contributed by atoms with Gasteiger partial charge in [0.05, 0.1) is 5.56 Å². The van der Waals surface area contributed by atoms with Crippen LogP contribution in [0, 0.1) is 23.4 Å². The van der Waals surface area contributed by atoms with Gasteiger partial charge in [-0.05, 0) is 25.5 Å². The van der Waals surface area contributed by atoms with Crippen LogP contribution in [0.15, 0.2) is 6.07 Å². The Hall–Kier alpha value is -1.76. The Morgan fingerprint density at radius 2 is 2.00 bits per heavy atom. The first-order valence-electron chi connectivity index (χ1n) is 6.19. The van der Waals surface area contributed by atoms with Gasteiger partial charge in [0.15, 0.2) is 17.4 Å². The molecule has 0 saturated carbocycles. The molecular formula is C13H17F3N2O2. The molecule has 7 heteroatoms. The van der Waals surface area contributed by atoms with Crippen molar-refractivity contribution in [1.29, 1.82) is 0 Å². The number of amides is 1. The molecule has 0 aliphatic carbocycles. The average molecular weight is 290 g/mol. The van der Waals surface area contributed by atoms with Crippen LogP contribution in [0.5, 0.6) is 5.75 Å². The second-order valence-corrected chi connectivity index (χ2v) is 4.57. The van der Waals surface area contributed by atoms with Crippen molar-refractivity contribution in [2.24, 2.45) is 11.7 Å². The lowest BCUT2D eigenvalue weighted by molar-refractivity contribution is 0.0737. The van der Waals surface area contributed by atoms with E-state index in [0.29, 0.717) is 12.6 Å². The molecule has 1 amide bonds. The van der Waals surface area contributed by atoms with E-state index >= 15 is 0 Å². The molecule has 0 bridgehead atoms. The van der Waals surface area contributed by atoms with Crippen LogP contribution in [0.25, 0.3) is 0 Å². The molecule has 0 fully saturated rings. The van der Waals surface area contributed by atoms with E-state index in [4.69, 9.17) is 10.8 Å². The molecule has 4 nitrogen and oxygen atoms in total. The number of aromatic hydroxyl groups is 1. The lowest BCUT2D eigenvalue weighted by Crippen LogP contribution is -2.37. The third-order valence-electron chi connectivity index (χ3n) is 2.97. The third kappa shape index (κ3) is 3.22. The number of nitrogens with two attached hydrogens (primary N) is 1. The number of nitrogens with zero attached hydrogens (tertiary/aromatic N) is 1. The first-order valence-corrected chi connectivity index (χ1v) is 6.19. The normalized spacial score (nSPS) is 12.3. The van der Waals surface area contributed by atoms with Crippen LogP contribution in [0.3, 0.4) is 0 Å². The number of hydrogen-bond donors (Lipinski definition) is 2. The van der Waals surface area contributed by atoms with Crippen LogP contribution < -0.4 is 5.73 Å². The van der Waals surface area contributed by atoms with Crippen molar-refractivity contribution in [2.45, 2.75) is 13.8 Å². The van der Waals surface area contributed by atoms with Gasteiger partial charge in [-0.3, -0.25) is 4.79 Å². The zero-order valence-corrected chi connectivity index (χ0v) is 11.3. The summed E-state index contributed by atoms with van der Waals surface area (Å²) in [5.41, 5.74) is 4.75. The summed E-state index contributed by atoms with van der Waals surface area (Å²) in [6, 6.07) is 0.447. The molecule has 3 N–H and O–H groups in total. The third-order valence-corrected chi connectivity index (χ3v) is 2.97.